The number of oxime groups is 1. The molecule has 1 saturated carbocycles. The number of aromatic nitrogens is 1. The number of carbonyl (C=O) groups is 4. The van der Waals surface area contributed by atoms with Gasteiger partial charge >= 0.3 is 5.97 Å². The molecule has 0 radical (unpaired) electrons. The molecule has 2 saturated heterocycles. The van der Waals surface area contributed by atoms with Crippen LogP contribution in [0.4, 0.5) is 5.13 Å². The third-order valence-electron chi connectivity index (χ3n) is 6.06. The van der Waals surface area contributed by atoms with Gasteiger partial charge in [-0.25, -0.2) is 9.78 Å². The first-order chi connectivity index (χ1) is 16.3. The zero-order chi connectivity index (χ0) is 24.1. The Morgan fingerprint density at radius 1 is 1.32 bits per heavy atom. The van der Waals surface area contributed by atoms with Crippen LogP contribution in [0, 0.1) is 0 Å². The smallest absolute Gasteiger partial charge is 0.352 e. The number of amides is 3. The van der Waals surface area contributed by atoms with Crippen molar-refractivity contribution in [1.82, 2.24) is 20.1 Å². The maximum absolute atomic E-state index is 12.9. The summed E-state index contributed by atoms with van der Waals surface area (Å²) in [6.07, 6.45) is 4.12. The van der Waals surface area contributed by atoms with Crippen LogP contribution in [-0.4, -0.2) is 84.3 Å². The minimum Gasteiger partial charge on any atom is -0.477 e. The van der Waals surface area contributed by atoms with Gasteiger partial charge in [0.15, 0.2) is 10.8 Å². The first kappa shape index (κ1) is 22.4. The number of hydrogen-bond donors (Lipinski definition) is 4. The van der Waals surface area contributed by atoms with E-state index in [-0.39, 0.29) is 34.2 Å². The quantitative estimate of drug-likeness (QED) is 0.136. The van der Waals surface area contributed by atoms with Crippen LogP contribution < -0.4 is 11.1 Å². The molecule has 12 nitrogen and oxygen atoms in total. The largest absolute Gasteiger partial charge is 0.477 e. The molecule has 1 aliphatic carbocycles. The lowest BCUT2D eigenvalue weighted by Gasteiger charge is -2.49. The lowest BCUT2D eigenvalue weighted by molar-refractivity contribution is -0.150. The van der Waals surface area contributed by atoms with E-state index in [1.165, 1.54) is 17.1 Å². The van der Waals surface area contributed by atoms with Crippen molar-refractivity contribution >= 4 is 57.6 Å². The van der Waals surface area contributed by atoms with Crippen LogP contribution in [0.3, 0.4) is 0 Å². The van der Waals surface area contributed by atoms with Crippen LogP contribution in [0.1, 0.15) is 25.0 Å². The average Bonchev–Trinajstić information content (AvgIpc) is 3.46. The van der Waals surface area contributed by atoms with Crippen LogP contribution in [0.25, 0.3) is 0 Å². The number of nitrogen functional groups attached to an aromatic ring is 1. The number of anilines is 1. The van der Waals surface area contributed by atoms with E-state index in [2.05, 4.69) is 15.5 Å². The van der Waals surface area contributed by atoms with E-state index < -0.39 is 34.9 Å². The van der Waals surface area contributed by atoms with Crippen molar-refractivity contribution in [3.63, 3.8) is 0 Å². The molecule has 0 unspecified atom stereocenters. The van der Waals surface area contributed by atoms with E-state index in [0.29, 0.717) is 24.1 Å². The molecule has 5 rings (SSSR count). The van der Waals surface area contributed by atoms with E-state index in [1.54, 1.807) is 6.08 Å². The predicted molar refractivity (Wildman–Crippen MR) is 122 cm³/mol. The van der Waals surface area contributed by atoms with Crippen LogP contribution in [0.5, 0.6) is 0 Å². The third-order valence-corrected chi connectivity index (χ3v) is 8.04. The van der Waals surface area contributed by atoms with E-state index in [0.717, 1.165) is 29.1 Å². The van der Waals surface area contributed by atoms with Crippen LogP contribution in [-0.2, 0) is 19.2 Å². The van der Waals surface area contributed by atoms with E-state index in [4.69, 9.17) is 5.73 Å². The number of thioether (sulfide) groups is 1. The van der Waals surface area contributed by atoms with Gasteiger partial charge in [0.25, 0.3) is 11.8 Å². The normalized spacial score (nSPS) is 26.1. The summed E-state index contributed by atoms with van der Waals surface area (Å²) in [6, 6.07) is -0.724. The molecule has 3 aliphatic heterocycles. The SMILES string of the molecule is Nc1nc(/C(=N/O)C(=O)N[C@@H]2C(=O)N3C(C(=O)O)=C(/C=C4\CCN(C5CC5)C4=O)CS[C@H]23)cs1. The first-order valence-electron chi connectivity index (χ1n) is 10.5. The Balaban J connectivity index is 1.34. The van der Waals surface area contributed by atoms with Gasteiger partial charge in [-0.1, -0.05) is 5.16 Å². The van der Waals surface area contributed by atoms with Crippen molar-refractivity contribution in [2.75, 3.05) is 18.0 Å². The van der Waals surface area contributed by atoms with Gasteiger partial charge in [0.1, 0.15) is 22.8 Å². The monoisotopic (exact) mass is 504 g/mol. The highest BCUT2D eigenvalue weighted by molar-refractivity contribution is 8.00. The molecule has 4 heterocycles. The number of β-lactam (4-membered cyclic amide) rings is 1. The van der Waals surface area contributed by atoms with Gasteiger partial charge in [-0.2, -0.15) is 0 Å². The van der Waals surface area contributed by atoms with Crippen molar-refractivity contribution in [1.29, 1.82) is 0 Å². The second kappa shape index (κ2) is 8.43. The van der Waals surface area contributed by atoms with Crippen LogP contribution in [0.2, 0.25) is 0 Å². The number of carbonyl (C=O) groups excluding carboxylic acids is 3. The third kappa shape index (κ3) is 3.72. The number of nitrogens with zero attached hydrogens (tertiary/aromatic N) is 4. The van der Waals surface area contributed by atoms with Gasteiger partial charge in [-0.05, 0) is 30.9 Å². The van der Waals surface area contributed by atoms with E-state index in [1.807, 2.05) is 4.90 Å². The number of hydrogen-bond acceptors (Lipinski definition) is 10. The first-order valence-corrected chi connectivity index (χ1v) is 12.4. The molecular weight excluding hydrogens is 484 g/mol. The predicted octanol–water partition coefficient (Wildman–Crippen LogP) is -0.0367. The van der Waals surface area contributed by atoms with Crippen molar-refractivity contribution in [2.45, 2.75) is 36.7 Å². The van der Waals surface area contributed by atoms with Crippen molar-refractivity contribution in [3.05, 3.63) is 34.0 Å². The summed E-state index contributed by atoms with van der Waals surface area (Å²) in [6.45, 7) is 0.622. The summed E-state index contributed by atoms with van der Waals surface area (Å²) in [7, 11) is 0. The number of carboxylic acids is 1. The molecule has 34 heavy (non-hydrogen) atoms. The minimum absolute atomic E-state index is 0.0592. The molecule has 4 aliphatic rings. The second-order valence-corrected chi connectivity index (χ2v) is 10.2. The molecular formula is C20H20N6O6S2. The molecule has 0 aromatic carbocycles. The lowest BCUT2D eigenvalue weighted by Crippen LogP contribution is -2.71. The van der Waals surface area contributed by atoms with E-state index >= 15 is 0 Å². The second-order valence-electron chi connectivity index (χ2n) is 8.21. The Labute approximate surface area is 201 Å². The number of fused-ring (bicyclic) bond motifs is 1. The van der Waals surface area contributed by atoms with Gasteiger partial charge in [0.05, 0.1) is 0 Å². The van der Waals surface area contributed by atoms with Gasteiger partial charge in [-0.15, -0.1) is 23.1 Å². The van der Waals surface area contributed by atoms with Gasteiger partial charge in [0.2, 0.25) is 5.91 Å². The molecule has 3 amide bonds. The fraction of sp³-hybridized carbons (Fsp3) is 0.400. The summed E-state index contributed by atoms with van der Waals surface area (Å²) in [5, 5.41) is 25.5. The lowest BCUT2D eigenvalue weighted by atomic mass is 10.0. The molecule has 1 aromatic heterocycles. The van der Waals surface area contributed by atoms with Crippen molar-refractivity contribution in [2.24, 2.45) is 5.16 Å². The fourth-order valence-electron chi connectivity index (χ4n) is 4.29. The number of rotatable bonds is 6. The topological polar surface area (TPSA) is 179 Å². The van der Waals surface area contributed by atoms with Gasteiger partial charge in [0, 0.05) is 29.3 Å². The van der Waals surface area contributed by atoms with Crippen LogP contribution >= 0.6 is 23.1 Å². The number of aliphatic carboxylic acids is 1. The molecule has 5 N–H and O–H groups in total. The summed E-state index contributed by atoms with van der Waals surface area (Å²) >= 11 is 2.34. The van der Waals surface area contributed by atoms with Gasteiger partial charge in [-0.3, -0.25) is 19.3 Å². The number of nitrogens with one attached hydrogen (secondary N) is 1. The molecule has 1 aromatic rings. The van der Waals surface area contributed by atoms with Crippen molar-refractivity contribution < 1.29 is 29.5 Å². The summed E-state index contributed by atoms with van der Waals surface area (Å²) in [5.74, 6) is -2.55. The zero-order valence-electron chi connectivity index (χ0n) is 17.6. The maximum Gasteiger partial charge on any atom is 0.352 e. The average molecular weight is 505 g/mol. The number of likely N-dealkylation sites (tertiary alicyclic amines) is 1. The summed E-state index contributed by atoms with van der Waals surface area (Å²) < 4.78 is 0. The summed E-state index contributed by atoms with van der Waals surface area (Å²) in [5.41, 5.74) is 5.96. The number of allylic oxidation sites excluding steroid dienone is 1. The van der Waals surface area contributed by atoms with Crippen molar-refractivity contribution in [3.8, 4) is 0 Å². The molecule has 0 spiro atoms. The number of carboxylic acid groups (broad SMARTS) is 1. The molecule has 178 valence electrons. The molecule has 2 atom stereocenters. The summed E-state index contributed by atoms with van der Waals surface area (Å²) in [4.78, 5) is 57.0. The zero-order valence-corrected chi connectivity index (χ0v) is 19.3. The highest BCUT2D eigenvalue weighted by Gasteiger charge is 2.54. The Morgan fingerprint density at radius 2 is 2.09 bits per heavy atom. The molecule has 0 bridgehead atoms. The Hall–Kier alpha value is -3.39. The maximum atomic E-state index is 12.9. The minimum atomic E-state index is -1.28. The van der Waals surface area contributed by atoms with Crippen LogP contribution in [0.15, 0.2) is 33.5 Å². The molecule has 3 fully saturated rings. The standard InChI is InChI=1S/C20H20N6O6S2/c21-20-22-11(7-34-20)12(24-32)15(27)23-13-17(29)26-14(19(30)31)9(6-33-18(13)26)5-8-3-4-25(16(8)28)10-1-2-10/h5,7,10,13,18,32H,1-4,6H2,(H2,21,22)(H,23,27)(H,30,31)/b8-5+,24-12-/t13-,18-/m1/s1. The number of nitrogens with two attached hydrogens (primary N) is 1. The fourth-order valence-corrected chi connectivity index (χ4v) is 6.14. The number of thiazole rings is 1. The van der Waals surface area contributed by atoms with E-state index in [9.17, 15) is 29.5 Å². The Morgan fingerprint density at radius 3 is 2.71 bits per heavy atom. The van der Waals surface area contributed by atoms with Gasteiger partial charge < -0.3 is 26.3 Å². The molecule has 14 heteroatoms. The Kier molecular flexibility index (Phi) is 5.56. The highest BCUT2D eigenvalue weighted by Crippen LogP contribution is 2.41. The Bertz CT molecular complexity index is 1200. The highest BCUT2D eigenvalue weighted by atomic mass is 32.2.